The van der Waals surface area contributed by atoms with Gasteiger partial charge >= 0.3 is 0 Å². The van der Waals surface area contributed by atoms with Gasteiger partial charge in [0, 0.05) is 19.2 Å². The lowest BCUT2D eigenvalue weighted by atomic mass is 10.2. The molecule has 1 saturated heterocycles. The molecule has 0 bridgehead atoms. The summed E-state index contributed by atoms with van der Waals surface area (Å²) in [4.78, 5) is 13.9. The number of nitrogens with one attached hydrogen (secondary N) is 1. The van der Waals surface area contributed by atoms with Gasteiger partial charge in [0.05, 0.1) is 0 Å². The molecule has 1 aliphatic heterocycles. The van der Waals surface area contributed by atoms with Gasteiger partial charge < -0.3 is 4.90 Å². The van der Waals surface area contributed by atoms with E-state index in [2.05, 4.69) is 10.2 Å². The van der Waals surface area contributed by atoms with Crippen LogP contribution in [0.2, 0.25) is 0 Å². The molecule has 1 aliphatic rings. The minimum Gasteiger partial charge on any atom is -0.349 e. The largest absolute Gasteiger partial charge is 0.349 e. The Bertz CT molecular complexity index is 477. The molecule has 1 aromatic rings. The molecule has 1 heterocycles. The molecule has 2 rings (SSSR count). The van der Waals surface area contributed by atoms with Crippen molar-refractivity contribution < 1.29 is 4.79 Å². The number of benzene rings is 1. The zero-order chi connectivity index (χ0) is 14.2. The Morgan fingerprint density at radius 3 is 2.40 bits per heavy atom. The monoisotopic (exact) mass is 288 g/mol. The molecule has 106 valence electrons. The van der Waals surface area contributed by atoms with Gasteiger partial charge in [-0.25, -0.2) is 0 Å². The number of carbonyl (C=O) groups is 1. The smallest absolute Gasteiger partial charge is 0.250 e. The van der Waals surface area contributed by atoms with Gasteiger partial charge in [0.15, 0.2) is 5.11 Å². The van der Waals surface area contributed by atoms with Gasteiger partial charge in [-0.3, -0.25) is 10.1 Å². The van der Waals surface area contributed by atoms with Crippen LogP contribution in [0.4, 0.5) is 0 Å². The van der Waals surface area contributed by atoms with E-state index in [4.69, 9.17) is 12.2 Å². The molecule has 1 amide bonds. The minimum absolute atomic E-state index is 0.164. The summed E-state index contributed by atoms with van der Waals surface area (Å²) in [7, 11) is 0. The SMILES string of the molecule is O=C(/C=C/c1ccccc1)NC(=S)N1CCCCCC1. The fourth-order valence-corrected chi connectivity index (χ4v) is 2.52. The number of thiocarbonyl (C=S) groups is 1. The van der Waals surface area contributed by atoms with Crippen LogP contribution in [0.25, 0.3) is 6.08 Å². The van der Waals surface area contributed by atoms with Gasteiger partial charge in [-0.15, -0.1) is 0 Å². The van der Waals surface area contributed by atoms with E-state index in [1.807, 2.05) is 30.3 Å². The third-order valence-corrected chi connectivity index (χ3v) is 3.71. The lowest BCUT2D eigenvalue weighted by molar-refractivity contribution is -0.115. The maximum Gasteiger partial charge on any atom is 0.250 e. The third-order valence-electron chi connectivity index (χ3n) is 3.35. The van der Waals surface area contributed by atoms with Crippen LogP contribution in [-0.2, 0) is 4.79 Å². The molecular weight excluding hydrogens is 268 g/mol. The predicted octanol–water partition coefficient (Wildman–Crippen LogP) is 2.98. The second-order valence-corrected chi connectivity index (χ2v) is 5.33. The first-order valence-corrected chi connectivity index (χ1v) is 7.49. The topological polar surface area (TPSA) is 32.3 Å². The molecule has 0 saturated carbocycles. The first-order valence-electron chi connectivity index (χ1n) is 7.09. The van der Waals surface area contributed by atoms with Gasteiger partial charge in [0.25, 0.3) is 0 Å². The second kappa shape index (κ2) is 7.80. The van der Waals surface area contributed by atoms with E-state index >= 15 is 0 Å². The Balaban J connectivity index is 1.84. The summed E-state index contributed by atoms with van der Waals surface area (Å²) in [5.74, 6) is -0.164. The van der Waals surface area contributed by atoms with E-state index in [0.717, 1.165) is 31.5 Å². The van der Waals surface area contributed by atoms with E-state index in [1.165, 1.54) is 18.9 Å². The van der Waals surface area contributed by atoms with Crippen LogP contribution in [0.15, 0.2) is 36.4 Å². The average molecular weight is 288 g/mol. The van der Waals surface area contributed by atoms with Crippen molar-refractivity contribution in [2.24, 2.45) is 0 Å². The second-order valence-electron chi connectivity index (χ2n) is 4.94. The van der Waals surface area contributed by atoms with Crippen molar-refractivity contribution in [1.29, 1.82) is 0 Å². The summed E-state index contributed by atoms with van der Waals surface area (Å²) in [6.45, 7) is 1.89. The zero-order valence-corrected chi connectivity index (χ0v) is 12.4. The van der Waals surface area contributed by atoms with Crippen molar-refractivity contribution in [3.63, 3.8) is 0 Å². The Kier molecular flexibility index (Phi) is 5.74. The number of carbonyl (C=O) groups excluding carboxylic acids is 1. The van der Waals surface area contributed by atoms with E-state index in [0.29, 0.717) is 5.11 Å². The zero-order valence-electron chi connectivity index (χ0n) is 11.5. The van der Waals surface area contributed by atoms with Crippen LogP contribution in [0.5, 0.6) is 0 Å². The lowest BCUT2D eigenvalue weighted by Gasteiger charge is -2.22. The third kappa shape index (κ3) is 4.78. The van der Waals surface area contributed by atoms with Crippen LogP contribution in [0, 0.1) is 0 Å². The van der Waals surface area contributed by atoms with Gasteiger partial charge in [-0.1, -0.05) is 43.2 Å². The molecule has 0 unspecified atom stereocenters. The molecule has 20 heavy (non-hydrogen) atoms. The Labute approximate surface area is 125 Å². The summed E-state index contributed by atoms with van der Waals surface area (Å²) in [6.07, 6.45) is 8.12. The van der Waals surface area contributed by atoms with Crippen molar-refractivity contribution in [2.45, 2.75) is 25.7 Å². The summed E-state index contributed by atoms with van der Waals surface area (Å²) in [5, 5.41) is 3.33. The number of nitrogens with zero attached hydrogens (tertiary/aromatic N) is 1. The molecule has 0 spiro atoms. The number of likely N-dealkylation sites (tertiary alicyclic amines) is 1. The van der Waals surface area contributed by atoms with Gasteiger partial charge in [-0.05, 0) is 36.7 Å². The van der Waals surface area contributed by atoms with Crippen molar-refractivity contribution in [3.8, 4) is 0 Å². The van der Waals surface area contributed by atoms with Gasteiger partial charge in [0.1, 0.15) is 0 Å². The molecule has 3 nitrogen and oxygen atoms in total. The molecule has 1 fully saturated rings. The molecule has 0 radical (unpaired) electrons. The highest BCUT2D eigenvalue weighted by atomic mass is 32.1. The highest BCUT2D eigenvalue weighted by Gasteiger charge is 2.13. The first kappa shape index (κ1) is 14.7. The summed E-state index contributed by atoms with van der Waals surface area (Å²) in [6, 6.07) is 9.75. The average Bonchev–Trinajstić information content (AvgIpc) is 2.75. The summed E-state index contributed by atoms with van der Waals surface area (Å²) in [5.41, 5.74) is 1.00. The van der Waals surface area contributed by atoms with Crippen molar-refractivity contribution in [2.75, 3.05) is 13.1 Å². The van der Waals surface area contributed by atoms with Crippen LogP contribution < -0.4 is 5.32 Å². The van der Waals surface area contributed by atoms with E-state index < -0.39 is 0 Å². The standard InChI is InChI=1S/C16H20N2OS/c19-15(11-10-14-8-4-3-5-9-14)17-16(20)18-12-6-1-2-7-13-18/h3-5,8-11H,1-2,6-7,12-13H2,(H,17,19,20)/b11-10+. The molecular formula is C16H20N2OS. The molecule has 0 atom stereocenters. The minimum atomic E-state index is -0.164. The molecule has 0 aliphatic carbocycles. The molecule has 1 N–H and O–H groups in total. The number of hydrogen-bond donors (Lipinski definition) is 1. The van der Waals surface area contributed by atoms with Crippen molar-refractivity contribution in [3.05, 3.63) is 42.0 Å². The maximum atomic E-state index is 11.8. The van der Waals surface area contributed by atoms with Crippen LogP contribution in [-0.4, -0.2) is 29.0 Å². The highest BCUT2D eigenvalue weighted by Crippen LogP contribution is 2.09. The predicted molar refractivity (Wildman–Crippen MR) is 86.3 cm³/mol. The Morgan fingerprint density at radius 2 is 1.75 bits per heavy atom. The quantitative estimate of drug-likeness (QED) is 0.671. The fourth-order valence-electron chi connectivity index (χ4n) is 2.24. The maximum absolute atomic E-state index is 11.8. The summed E-state index contributed by atoms with van der Waals surface area (Å²) >= 11 is 5.30. The molecule has 4 heteroatoms. The van der Waals surface area contributed by atoms with E-state index in [-0.39, 0.29) is 5.91 Å². The Morgan fingerprint density at radius 1 is 1.10 bits per heavy atom. The fraction of sp³-hybridized carbons (Fsp3) is 0.375. The molecule has 1 aromatic carbocycles. The van der Waals surface area contributed by atoms with Crippen LogP contribution in [0.3, 0.4) is 0 Å². The summed E-state index contributed by atoms with van der Waals surface area (Å²) < 4.78 is 0. The van der Waals surface area contributed by atoms with Crippen LogP contribution in [0.1, 0.15) is 31.2 Å². The number of amides is 1. The van der Waals surface area contributed by atoms with Gasteiger partial charge in [0.2, 0.25) is 5.91 Å². The Hall–Kier alpha value is -1.68. The normalized spacial score (nSPS) is 15.9. The van der Waals surface area contributed by atoms with Crippen molar-refractivity contribution in [1.82, 2.24) is 10.2 Å². The van der Waals surface area contributed by atoms with Gasteiger partial charge in [-0.2, -0.15) is 0 Å². The van der Waals surface area contributed by atoms with Crippen molar-refractivity contribution >= 4 is 29.3 Å². The number of hydrogen-bond acceptors (Lipinski definition) is 2. The van der Waals surface area contributed by atoms with Crippen LogP contribution >= 0.6 is 12.2 Å². The van der Waals surface area contributed by atoms with E-state index in [9.17, 15) is 4.79 Å². The first-order chi connectivity index (χ1) is 9.75. The number of rotatable bonds is 2. The molecule has 0 aromatic heterocycles. The highest BCUT2D eigenvalue weighted by molar-refractivity contribution is 7.80. The van der Waals surface area contributed by atoms with E-state index in [1.54, 1.807) is 6.08 Å². The lowest BCUT2D eigenvalue weighted by Crippen LogP contribution is -2.42.